The highest BCUT2D eigenvalue weighted by Gasteiger charge is 2.13. The van der Waals surface area contributed by atoms with Crippen LogP contribution < -0.4 is 10.1 Å². The summed E-state index contributed by atoms with van der Waals surface area (Å²) >= 11 is 5.91. The van der Waals surface area contributed by atoms with Gasteiger partial charge in [-0.25, -0.2) is 13.8 Å². The second kappa shape index (κ2) is 10.2. The Kier molecular flexibility index (Phi) is 7.41. The molecule has 1 heterocycles. The topological polar surface area (TPSA) is 64.4 Å². The van der Waals surface area contributed by atoms with E-state index in [1.807, 2.05) is 19.1 Å². The van der Waals surface area contributed by atoms with E-state index >= 15 is 0 Å². The van der Waals surface area contributed by atoms with E-state index in [2.05, 4.69) is 10.3 Å². The standard InChI is InChI=1S/C22H21ClF2N2O3/c1-14-11-15(23)3-6-19(14)29-10-2-9-26-21(28)7-8-22-27-13-20(30-22)17-5-4-16(24)12-18(17)25/h3-6,11-13H,2,7-10H2,1H3,(H,26,28). The Morgan fingerprint density at radius 1 is 1.23 bits per heavy atom. The van der Waals surface area contributed by atoms with Gasteiger partial charge in [0.1, 0.15) is 17.4 Å². The van der Waals surface area contributed by atoms with Crippen LogP contribution in [0.3, 0.4) is 0 Å². The quantitative estimate of drug-likeness (QED) is 0.476. The zero-order valence-electron chi connectivity index (χ0n) is 16.4. The number of hydrogen-bond acceptors (Lipinski definition) is 4. The highest BCUT2D eigenvalue weighted by molar-refractivity contribution is 6.30. The third-order valence-corrected chi connectivity index (χ3v) is 4.59. The van der Waals surface area contributed by atoms with Crippen LogP contribution in [0.4, 0.5) is 8.78 Å². The van der Waals surface area contributed by atoms with Crippen LogP contribution in [0.25, 0.3) is 11.3 Å². The molecule has 0 radical (unpaired) electrons. The van der Waals surface area contributed by atoms with Crippen molar-refractivity contribution in [2.45, 2.75) is 26.2 Å². The lowest BCUT2D eigenvalue weighted by Crippen LogP contribution is -2.25. The smallest absolute Gasteiger partial charge is 0.220 e. The molecule has 2 aromatic carbocycles. The molecule has 0 spiro atoms. The fraction of sp³-hybridized carbons (Fsp3) is 0.273. The van der Waals surface area contributed by atoms with Gasteiger partial charge >= 0.3 is 0 Å². The number of aromatic nitrogens is 1. The fourth-order valence-corrected chi connectivity index (χ4v) is 3.03. The van der Waals surface area contributed by atoms with Gasteiger partial charge in [-0.2, -0.15) is 0 Å². The molecule has 0 bridgehead atoms. The van der Waals surface area contributed by atoms with Crippen LogP contribution in [0.5, 0.6) is 5.75 Å². The minimum atomic E-state index is -0.730. The molecule has 0 saturated carbocycles. The Morgan fingerprint density at radius 2 is 2.07 bits per heavy atom. The number of ether oxygens (including phenoxy) is 1. The summed E-state index contributed by atoms with van der Waals surface area (Å²) in [6.07, 6.45) is 2.47. The van der Waals surface area contributed by atoms with Crippen molar-refractivity contribution in [3.05, 3.63) is 70.7 Å². The van der Waals surface area contributed by atoms with Crippen LogP contribution in [-0.4, -0.2) is 24.0 Å². The third kappa shape index (κ3) is 6.03. The van der Waals surface area contributed by atoms with Crippen LogP contribution in [0.2, 0.25) is 5.02 Å². The number of hydrogen-bond donors (Lipinski definition) is 1. The molecule has 1 aromatic heterocycles. The minimum Gasteiger partial charge on any atom is -0.493 e. The number of amides is 1. The van der Waals surface area contributed by atoms with Crippen molar-refractivity contribution >= 4 is 17.5 Å². The largest absolute Gasteiger partial charge is 0.493 e. The summed E-state index contributed by atoms with van der Waals surface area (Å²) < 4.78 is 38.0. The average molecular weight is 435 g/mol. The first-order chi connectivity index (χ1) is 14.4. The second-order valence-corrected chi connectivity index (χ2v) is 7.14. The number of nitrogens with zero attached hydrogens (tertiary/aromatic N) is 1. The van der Waals surface area contributed by atoms with E-state index in [4.69, 9.17) is 20.8 Å². The van der Waals surface area contributed by atoms with Gasteiger partial charge in [-0.1, -0.05) is 11.6 Å². The van der Waals surface area contributed by atoms with Crippen LogP contribution in [0.15, 0.2) is 47.0 Å². The lowest BCUT2D eigenvalue weighted by Gasteiger charge is -2.09. The number of benzene rings is 2. The Balaban J connectivity index is 1.37. The van der Waals surface area contributed by atoms with E-state index in [1.54, 1.807) is 6.07 Å². The summed E-state index contributed by atoms with van der Waals surface area (Å²) in [5.41, 5.74) is 1.08. The first-order valence-corrected chi connectivity index (χ1v) is 9.86. The van der Waals surface area contributed by atoms with Crippen LogP contribution in [0.1, 0.15) is 24.3 Å². The number of carbonyl (C=O) groups is 1. The lowest BCUT2D eigenvalue weighted by atomic mass is 10.2. The summed E-state index contributed by atoms with van der Waals surface area (Å²) in [5.74, 6) is -0.274. The number of aryl methyl sites for hydroxylation is 2. The van der Waals surface area contributed by atoms with E-state index in [0.29, 0.717) is 30.5 Å². The predicted molar refractivity (Wildman–Crippen MR) is 109 cm³/mol. The van der Waals surface area contributed by atoms with Gasteiger partial charge in [-0.05, 0) is 49.2 Å². The first-order valence-electron chi connectivity index (χ1n) is 9.48. The van der Waals surface area contributed by atoms with Crippen molar-refractivity contribution in [3.8, 4) is 17.1 Å². The second-order valence-electron chi connectivity index (χ2n) is 6.70. The summed E-state index contributed by atoms with van der Waals surface area (Å²) in [4.78, 5) is 16.0. The molecule has 30 heavy (non-hydrogen) atoms. The molecule has 5 nitrogen and oxygen atoms in total. The molecule has 3 rings (SSSR count). The van der Waals surface area contributed by atoms with Crippen molar-refractivity contribution in [1.82, 2.24) is 10.3 Å². The third-order valence-electron chi connectivity index (χ3n) is 4.35. The molecule has 1 amide bonds. The van der Waals surface area contributed by atoms with Gasteiger partial charge in [-0.3, -0.25) is 4.79 Å². The highest BCUT2D eigenvalue weighted by Crippen LogP contribution is 2.24. The van der Waals surface area contributed by atoms with Gasteiger partial charge in [0, 0.05) is 30.5 Å². The maximum Gasteiger partial charge on any atom is 0.220 e. The Morgan fingerprint density at radius 3 is 2.83 bits per heavy atom. The molecule has 3 aromatic rings. The summed E-state index contributed by atoms with van der Waals surface area (Å²) in [6, 6.07) is 8.63. The minimum absolute atomic E-state index is 0.121. The van der Waals surface area contributed by atoms with E-state index in [1.165, 1.54) is 12.3 Å². The van der Waals surface area contributed by atoms with Gasteiger partial charge < -0.3 is 14.5 Å². The lowest BCUT2D eigenvalue weighted by molar-refractivity contribution is -0.121. The van der Waals surface area contributed by atoms with Crippen molar-refractivity contribution in [1.29, 1.82) is 0 Å². The Labute approximate surface area is 178 Å². The van der Waals surface area contributed by atoms with Gasteiger partial charge in [-0.15, -0.1) is 0 Å². The average Bonchev–Trinajstić information content (AvgIpc) is 3.16. The summed E-state index contributed by atoms with van der Waals surface area (Å²) in [7, 11) is 0. The van der Waals surface area contributed by atoms with E-state index in [-0.39, 0.29) is 30.1 Å². The molecule has 1 N–H and O–H groups in total. The molecule has 0 aliphatic rings. The number of nitrogens with one attached hydrogen (secondary N) is 1. The molecule has 0 fully saturated rings. The number of carbonyl (C=O) groups excluding carboxylic acids is 1. The van der Waals surface area contributed by atoms with E-state index in [9.17, 15) is 13.6 Å². The Hall–Kier alpha value is -2.93. The molecule has 0 saturated heterocycles. The maximum absolute atomic E-state index is 13.8. The molecule has 8 heteroatoms. The van der Waals surface area contributed by atoms with Crippen molar-refractivity contribution in [2.24, 2.45) is 0 Å². The number of rotatable bonds is 9. The van der Waals surface area contributed by atoms with Crippen molar-refractivity contribution in [3.63, 3.8) is 0 Å². The zero-order chi connectivity index (χ0) is 21.5. The van der Waals surface area contributed by atoms with E-state index < -0.39 is 11.6 Å². The van der Waals surface area contributed by atoms with Crippen LogP contribution in [-0.2, 0) is 11.2 Å². The Bertz CT molecular complexity index is 1020. The molecule has 0 aliphatic carbocycles. The van der Waals surface area contributed by atoms with Gasteiger partial charge in [0.2, 0.25) is 5.91 Å². The van der Waals surface area contributed by atoms with E-state index in [0.717, 1.165) is 23.4 Å². The highest BCUT2D eigenvalue weighted by atomic mass is 35.5. The number of oxazole rings is 1. The molecule has 0 aliphatic heterocycles. The zero-order valence-corrected chi connectivity index (χ0v) is 17.1. The first kappa shape index (κ1) is 21.8. The summed E-state index contributed by atoms with van der Waals surface area (Å²) in [5, 5.41) is 3.47. The van der Waals surface area contributed by atoms with Gasteiger partial charge in [0.15, 0.2) is 11.7 Å². The molecular formula is C22H21ClF2N2O3. The van der Waals surface area contributed by atoms with Crippen LogP contribution >= 0.6 is 11.6 Å². The van der Waals surface area contributed by atoms with Gasteiger partial charge in [0.05, 0.1) is 18.4 Å². The molecule has 158 valence electrons. The number of halogens is 3. The SMILES string of the molecule is Cc1cc(Cl)ccc1OCCCNC(=O)CCc1ncc(-c2ccc(F)cc2F)o1. The normalized spacial score (nSPS) is 10.8. The molecule has 0 atom stereocenters. The molecule has 0 unspecified atom stereocenters. The van der Waals surface area contributed by atoms with Crippen LogP contribution in [0, 0.1) is 18.6 Å². The summed E-state index contributed by atoms with van der Waals surface area (Å²) in [6.45, 7) is 2.86. The monoisotopic (exact) mass is 434 g/mol. The van der Waals surface area contributed by atoms with Crippen molar-refractivity contribution in [2.75, 3.05) is 13.2 Å². The van der Waals surface area contributed by atoms with Crippen molar-refractivity contribution < 1.29 is 22.7 Å². The maximum atomic E-state index is 13.8. The molecular weight excluding hydrogens is 414 g/mol. The fourth-order valence-electron chi connectivity index (χ4n) is 2.81. The van der Waals surface area contributed by atoms with Gasteiger partial charge in [0.25, 0.3) is 0 Å². The predicted octanol–water partition coefficient (Wildman–Crippen LogP) is 5.10.